The van der Waals surface area contributed by atoms with Gasteiger partial charge in [-0.3, -0.25) is 24.5 Å². The zero-order valence-electron chi connectivity index (χ0n) is 16.9. The molecule has 0 spiro atoms. The third-order valence-electron chi connectivity index (χ3n) is 4.80. The normalized spacial score (nSPS) is 16.7. The van der Waals surface area contributed by atoms with Gasteiger partial charge in [0.15, 0.2) is 0 Å². The summed E-state index contributed by atoms with van der Waals surface area (Å²) >= 11 is 0. The van der Waals surface area contributed by atoms with Gasteiger partial charge in [0.25, 0.3) is 6.47 Å². The Hall–Kier alpha value is -3.01. The maximum Gasteiger partial charge on any atom is 0.433 e. The number of alkyl halides is 3. The molecule has 3 rings (SSSR count). The lowest BCUT2D eigenvalue weighted by Crippen LogP contribution is -2.40. The Morgan fingerprint density at radius 3 is 2.65 bits per heavy atom. The molecule has 1 aliphatic rings. The molecule has 0 bridgehead atoms. The number of aromatic nitrogens is 2. The molecule has 10 heteroatoms. The number of carbonyl (C=O) groups excluding carboxylic acids is 1. The first-order valence-corrected chi connectivity index (χ1v) is 9.79. The molecule has 2 N–H and O–H groups in total. The van der Waals surface area contributed by atoms with Gasteiger partial charge in [0.2, 0.25) is 5.91 Å². The van der Waals surface area contributed by atoms with Crippen LogP contribution in [0.3, 0.4) is 0 Å². The highest BCUT2D eigenvalue weighted by molar-refractivity contribution is 5.78. The van der Waals surface area contributed by atoms with Crippen LogP contribution < -0.4 is 5.32 Å². The second-order valence-corrected chi connectivity index (χ2v) is 7.24. The summed E-state index contributed by atoms with van der Waals surface area (Å²) in [6.45, 7) is 2.60. The van der Waals surface area contributed by atoms with Crippen LogP contribution in [0.4, 0.5) is 13.2 Å². The molecule has 2 aromatic heterocycles. The molecule has 168 valence electrons. The van der Waals surface area contributed by atoms with Crippen molar-refractivity contribution in [3.63, 3.8) is 0 Å². The van der Waals surface area contributed by atoms with E-state index in [1.807, 2.05) is 6.07 Å². The largest absolute Gasteiger partial charge is 0.483 e. The molecule has 1 atom stereocenters. The predicted molar refractivity (Wildman–Crippen MR) is 107 cm³/mol. The molecule has 31 heavy (non-hydrogen) atoms. The summed E-state index contributed by atoms with van der Waals surface area (Å²) in [5, 5.41) is 9.87. The molecular formula is C21H25F3N4O3. The second kappa shape index (κ2) is 12.0. The third-order valence-corrected chi connectivity index (χ3v) is 4.80. The maximum atomic E-state index is 12.6. The fourth-order valence-corrected chi connectivity index (χ4v) is 3.41. The van der Waals surface area contributed by atoms with Crippen molar-refractivity contribution in [1.82, 2.24) is 20.2 Å². The number of likely N-dealkylation sites (tertiary alicyclic amines) is 1. The lowest BCUT2D eigenvalue weighted by Gasteiger charge is -2.32. The van der Waals surface area contributed by atoms with Crippen molar-refractivity contribution in [1.29, 1.82) is 0 Å². The number of nitrogens with one attached hydrogen (secondary N) is 1. The quantitative estimate of drug-likeness (QED) is 0.674. The number of pyridine rings is 2. The van der Waals surface area contributed by atoms with E-state index in [9.17, 15) is 18.0 Å². The summed E-state index contributed by atoms with van der Waals surface area (Å²) in [6, 6.07) is 6.18. The van der Waals surface area contributed by atoms with Crippen LogP contribution in [0.25, 0.3) is 0 Å². The minimum absolute atomic E-state index is 0.0305. The van der Waals surface area contributed by atoms with Crippen LogP contribution in [0, 0.1) is 5.92 Å². The van der Waals surface area contributed by atoms with E-state index in [0.29, 0.717) is 25.4 Å². The van der Waals surface area contributed by atoms with E-state index in [0.717, 1.165) is 43.1 Å². The first-order chi connectivity index (χ1) is 14.8. The number of carboxylic acid groups (broad SMARTS) is 1. The Labute approximate surface area is 178 Å². The first kappa shape index (κ1) is 24.3. The van der Waals surface area contributed by atoms with Crippen LogP contribution >= 0.6 is 0 Å². The third kappa shape index (κ3) is 8.71. The van der Waals surface area contributed by atoms with E-state index in [4.69, 9.17) is 9.90 Å². The van der Waals surface area contributed by atoms with E-state index in [1.165, 1.54) is 12.3 Å². The first-order valence-electron chi connectivity index (χ1n) is 9.79. The highest BCUT2D eigenvalue weighted by Crippen LogP contribution is 2.27. The molecule has 0 aliphatic carbocycles. The fraction of sp³-hybridized carbons (Fsp3) is 0.429. The molecule has 0 radical (unpaired) electrons. The topological polar surface area (TPSA) is 95.4 Å². The molecule has 2 aromatic rings. The number of carbonyl (C=O) groups is 2. The van der Waals surface area contributed by atoms with Gasteiger partial charge in [-0.2, -0.15) is 13.2 Å². The van der Waals surface area contributed by atoms with Crippen molar-refractivity contribution in [3.05, 3.63) is 59.7 Å². The molecule has 1 aliphatic heterocycles. The Balaban J connectivity index is 0.00000107. The minimum atomic E-state index is -4.41. The predicted octanol–water partition coefficient (Wildman–Crippen LogP) is 2.77. The van der Waals surface area contributed by atoms with Gasteiger partial charge in [0.1, 0.15) is 5.69 Å². The van der Waals surface area contributed by atoms with E-state index >= 15 is 0 Å². The molecule has 7 nitrogen and oxygen atoms in total. The SMILES string of the molecule is O=C(Cc1cccnc1)NCC1CCCN(Cc2ccc(C(F)(F)F)nc2)C1.O=CO. The summed E-state index contributed by atoms with van der Waals surface area (Å²) in [7, 11) is 0. The molecule has 1 amide bonds. The van der Waals surface area contributed by atoms with Gasteiger partial charge in [0.05, 0.1) is 6.42 Å². The van der Waals surface area contributed by atoms with E-state index < -0.39 is 11.9 Å². The summed E-state index contributed by atoms with van der Waals surface area (Å²) in [5.74, 6) is 0.297. The monoisotopic (exact) mass is 438 g/mol. The number of hydrogen-bond donors (Lipinski definition) is 2. The summed E-state index contributed by atoms with van der Waals surface area (Å²) < 4.78 is 37.8. The van der Waals surface area contributed by atoms with Crippen LogP contribution in [-0.2, 0) is 28.7 Å². The average Bonchev–Trinajstić information content (AvgIpc) is 2.74. The average molecular weight is 438 g/mol. The van der Waals surface area contributed by atoms with Gasteiger partial charge < -0.3 is 10.4 Å². The van der Waals surface area contributed by atoms with Crippen LogP contribution in [-0.4, -0.2) is 52.0 Å². The number of nitrogens with zero attached hydrogens (tertiary/aromatic N) is 3. The van der Waals surface area contributed by atoms with Gasteiger partial charge in [-0.1, -0.05) is 12.1 Å². The van der Waals surface area contributed by atoms with Crippen LogP contribution in [0.2, 0.25) is 0 Å². The number of hydrogen-bond acceptors (Lipinski definition) is 5. The Morgan fingerprint density at radius 1 is 1.26 bits per heavy atom. The molecular weight excluding hydrogens is 413 g/mol. The molecule has 0 aromatic carbocycles. The number of amides is 1. The zero-order valence-corrected chi connectivity index (χ0v) is 16.9. The van der Waals surface area contributed by atoms with Crippen molar-refractivity contribution in [2.24, 2.45) is 5.92 Å². The Kier molecular flexibility index (Phi) is 9.39. The lowest BCUT2D eigenvalue weighted by atomic mass is 9.97. The van der Waals surface area contributed by atoms with Crippen molar-refractivity contribution < 1.29 is 27.9 Å². The van der Waals surface area contributed by atoms with Crippen molar-refractivity contribution in [2.45, 2.75) is 32.0 Å². The zero-order chi connectivity index (χ0) is 22.7. The van der Waals surface area contributed by atoms with Crippen LogP contribution in [0.15, 0.2) is 42.9 Å². The van der Waals surface area contributed by atoms with Crippen molar-refractivity contribution >= 4 is 12.4 Å². The summed E-state index contributed by atoms with van der Waals surface area (Å²) in [6.07, 6.45) is 2.56. The molecule has 1 unspecified atom stereocenters. The van der Waals surface area contributed by atoms with Crippen LogP contribution in [0.1, 0.15) is 29.7 Å². The van der Waals surface area contributed by atoms with Crippen molar-refractivity contribution in [2.75, 3.05) is 19.6 Å². The molecule has 1 fully saturated rings. The number of rotatable bonds is 6. The van der Waals surface area contributed by atoms with Crippen molar-refractivity contribution in [3.8, 4) is 0 Å². The second-order valence-electron chi connectivity index (χ2n) is 7.24. The van der Waals surface area contributed by atoms with Gasteiger partial charge in [0, 0.05) is 38.2 Å². The molecule has 3 heterocycles. The van der Waals surface area contributed by atoms with Gasteiger partial charge in [-0.05, 0) is 48.6 Å². The summed E-state index contributed by atoms with van der Waals surface area (Å²) in [4.78, 5) is 30.2. The highest BCUT2D eigenvalue weighted by atomic mass is 19.4. The smallest absolute Gasteiger partial charge is 0.433 e. The van der Waals surface area contributed by atoms with Gasteiger partial charge in [-0.25, -0.2) is 0 Å². The van der Waals surface area contributed by atoms with Gasteiger partial charge >= 0.3 is 6.18 Å². The maximum absolute atomic E-state index is 12.6. The van der Waals surface area contributed by atoms with E-state index in [1.54, 1.807) is 18.5 Å². The Morgan fingerprint density at radius 2 is 2.03 bits per heavy atom. The minimum Gasteiger partial charge on any atom is -0.483 e. The standard InChI is InChI=1S/C20H23F3N4O.CH2O2/c21-20(22,23)18-6-5-17(11-25-18)14-27-8-2-4-16(13-27)12-26-19(28)9-15-3-1-7-24-10-15;2-1-3/h1,3,5-7,10-11,16H,2,4,8-9,12-14H2,(H,26,28);1H,(H,2,3). The van der Waals surface area contributed by atoms with E-state index in [-0.39, 0.29) is 12.4 Å². The van der Waals surface area contributed by atoms with Gasteiger partial charge in [-0.15, -0.1) is 0 Å². The molecule has 0 saturated carbocycles. The van der Waals surface area contributed by atoms with Crippen LogP contribution in [0.5, 0.6) is 0 Å². The van der Waals surface area contributed by atoms with E-state index in [2.05, 4.69) is 20.2 Å². The fourth-order valence-electron chi connectivity index (χ4n) is 3.41. The number of piperidine rings is 1. The number of halogens is 3. The highest BCUT2D eigenvalue weighted by Gasteiger charge is 2.32. The lowest BCUT2D eigenvalue weighted by molar-refractivity contribution is -0.141. The summed E-state index contributed by atoms with van der Waals surface area (Å²) in [5.41, 5.74) is 0.762. The molecule has 1 saturated heterocycles. The Bertz CT molecular complexity index is 817.